The summed E-state index contributed by atoms with van der Waals surface area (Å²) in [6, 6.07) is 10.3. The Balaban J connectivity index is 0.000000141. The summed E-state index contributed by atoms with van der Waals surface area (Å²) in [5.41, 5.74) is 1.32. The Morgan fingerprint density at radius 2 is 1.33 bits per heavy atom. The van der Waals surface area contributed by atoms with Crippen molar-refractivity contribution in [1.82, 2.24) is 0 Å². The Morgan fingerprint density at radius 3 is 1.53 bits per heavy atom. The van der Waals surface area contributed by atoms with E-state index in [0.29, 0.717) is 0 Å². The van der Waals surface area contributed by atoms with Crippen LogP contribution in [0.15, 0.2) is 54.6 Å². The molecule has 0 aromatic heterocycles. The first kappa shape index (κ1) is 12.4. The Kier molecular flexibility index (Phi) is 4.98. The predicted octanol–water partition coefficient (Wildman–Crippen LogP) is 3.74. The second kappa shape index (κ2) is 6.03. The van der Waals surface area contributed by atoms with Crippen LogP contribution in [0.3, 0.4) is 0 Å². The van der Waals surface area contributed by atoms with Crippen LogP contribution in [0.4, 0.5) is 0 Å². The minimum Gasteiger partial charge on any atom is -0.0810 e. The molecule has 80 valence electrons. The topological polar surface area (TPSA) is 0 Å². The summed E-state index contributed by atoms with van der Waals surface area (Å²) < 4.78 is 0. The maximum absolute atomic E-state index is 2.30. The van der Waals surface area contributed by atoms with Crippen LogP contribution in [0.2, 0.25) is 0 Å². The molecule has 0 heterocycles. The molecule has 0 fully saturated rings. The van der Waals surface area contributed by atoms with E-state index < -0.39 is 0 Å². The molecule has 0 nitrogen and oxygen atoms in total. The summed E-state index contributed by atoms with van der Waals surface area (Å²) in [5.74, 6) is 1.62. The van der Waals surface area contributed by atoms with Crippen molar-refractivity contribution in [1.29, 1.82) is 0 Å². The minimum absolute atomic E-state index is 0. The van der Waals surface area contributed by atoms with Gasteiger partial charge in [-0.3, -0.25) is 0 Å². The zero-order chi connectivity index (χ0) is 9.80. The van der Waals surface area contributed by atoms with E-state index in [1.807, 2.05) is 18.2 Å². The van der Waals surface area contributed by atoms with Crippen molar-refractivity contribution in [2.24, 2.45) is 11.8 Å². The molecule has 0 aliphatic heterocycles. The van der Waals surface area contributed by atoms with Gasteiger partial charge in [-0.1, -0.05) is 60.2 Å². The van der Waals surface area contributed by atoms with Gasteiger partial charge in [0, 0.05) is 19.5 Å². The van der Waals surface area contributed by atoms with E-state index in [9.17, 15) is 0 Å². The zero-order valence-corrected chi connectivity index (χ0v) is 10.6. The van der Waals surface area contributed by atoms with Crippen molar-refractivity contribution in [3.8, 4) is 0 Å². The van der Waals surface area contributed by atoms with Gasteiger partial charge in [0.2, 0.25) is 0 Å². The first-order chi connectivity index (χ1) is 6.84. The van der Waals surface area contributed by atoms with Crippen LogP contribution >= 0.6 is 0 Å². The molecular formula is C14H16Ru. The Labute approximate surface area is 105 Å². The van der Waals surface area contributed by atoms with E-state index in [4.69, 9.17) is 0 Å². The normalized spacial score (nSPS) is 24.3. The molecule has 0 spiro atoms. The fourth-order valence-corrected chi connectivity index (χ4v) is 1.86. The van der Waals surface area contributed by atoms with Gasteiger partial charge in [-0.15, -0.1) is 0 Å². The monoisotopic (exact) mass is 286 g/mol. The van der Waals surface area contributed by atoms with E-state index in [1.54, 1.807) is 0 Å². The number of hydrogen-bond acceptors (Lipinski definition) is 0. The molecule has 2 aliphatic rings. The molecule has 1 heteroatoms. The molecule has 0 saturated carbocycles. The van der Waals surface area contributed by atoms with Crippen LogP contribution in [0.5, 0.6) is 0 Å². The SMILES string of the molecule is C1=CC2C=CC1C2.Cc1ccccc1.[Ru]. The third-order valence-electron chi connectivity index (χ3n) is 2.70. The molecule has 1 aromatic rings. The smallest absolute Gasteiger partial charge is 0 e. The molecule has 0 atom stereocenters. The number of rotatable bonds is 0. The first-order valence-electron chi connectivity index (χ1n) is 5.23. The summed E-state index contributed by atoms with van der Waals surface area (Å²) in [6.07, 6.45) is 10.5. The Hall–Kier alpha value is -0.677. The maximum atomic E-state index is 2.30. The number of allylic oxidation sites excluding steroid dienone is 4. The second-order valence-electron chi connectivity index (χ2n) is 3.99. The number of benzene rings is 1. The van der Waals surface area contributed by atoms with Gasteiger partial charge in [0.25, 0.3) is 0 Å². The molecule has 2 bridgehead atoms. The van der Waals surface area contributed by atoms with Crippen LogP contribution in [0.1, 0.15) is 12.0 Å². The molecule has 3 rings (SSSR count). The van der Waals surface area contributed by atoms with E-state index in [-0.39, 0.29) is 19.5 Å². The predicted molar refractivity (Wildman–Crippen MR) is 61.1 cm³/mol. The van der Waals surface area contributed by atoms with Crippen LogP contribution in [-0.4, -0.2) is 0 Å². The van der Waals surface area contributed by atoms with Crippen molar-refractivity contribution >= 4 is 0 Å². The third-order valence-corrected chi connectivity index (χ3v) is 2.70. The molecule has 0 amide bonds. The summed E-state index contributed by atoms with van der Waals surface area (Å²) in [4.78, 5) is 0. The molecular weight excluding hydrogens is 269 g/mol. The standard InChI is InChI=1S/2C7H8.Ru/c1-2-7-4-3-6(1)5-7;1-7-5-3-2-4-6-7;/h1-4,6-7H,5H2;2-6H,1H3;. The van der Waals surface area contributed by atoms with Gasteiger partial charge in [0.1, 0.15) is 0 Å². The average Bonchev–Trinajstić information content (AvgIpc) is 2.83. The van der Waals surface area contributed by atoms with Gasteiger partial charge >= 0.3 is 0 Å². The fourth-order valence-electron chi connectivity index (χ4n) is 1.86. The van der Waals surface area contributed by atoms with Gasteiger partial charge in [0.05, 0.1) is 0 Å². The molecule has 0 radical (unpaired) electrons. The molecule has 0 saturated heterocycles. The van der Waals surface area contributed by atoms with Gasteiger partial charge in [-0.05, 0) is 25.2 Å². The van der Waals surface area contributed by atoms with Crippen molar-refractivity contribution in [2.45, 2.75) is 13.3 Å². The maximum Gasteiger partial charge on any atom is 0 e. The van der Waals surface area contributed by atoms with Gasteiger partial charge in [-0.25, -0.2) is 0 Å². The van der Waals surface area contributed by atoms with E-state index in [1.165, 1.54) is 12.0 Å². The number of hydrogen-bond donors (Lipinski definition) is 0. The van der Waals surface area contributed by atoms with Gasteiger partial charge < -0.3 is 0 Å². The van der Waals surface area contributed by atoms with Gasteiger partial charge in [0.15, 0.2) is 0 Å². The Bertz CT molecular complexity index is 310. The largest absolute Gasteiger partial charge is 0.0810 e. The fraction of sp³-hybridized carbons (Fsp3) is 0.286. The van der Waals surface area contributed by atoms with E-state index >= 15 is 0 Å². The average molecular weight is 285 g/mol. The van der Waals surface area contributed by atoms with Crippen molar-refractivity contribution in [2.75, 3.05) is 0 Å². The molecule has 2 aliphatic carbocycles. The summed E-state index contributed by atoms with van der Waals surface area (Å²) in [6.45, 7) is 2.08. The van der Waals surface area contributed by atoms with Crippen LogP contribution < -0.4 is 0 Å². The quantitative estimate of drug-likeness (QED) is 0.503. The number of aryl methyl sites for hydroxylation is 1. The second-order valence-corrected chi connectivity index (χ2v) is 3.99. The summed E-state index contributed by atoms with van der Waals surface area (Å²) in [7, 11) is 0. The van der Waals surface area contributed by atoms with Gasteiger partial charge in [-0.2, -0.15) is 0 Å². The van der Waals surface area contributed by atoms with Crippen molar-refractivity contribution in [3.05, 3.63) is 60.2 Å². The first-order valence-corrected chi connectivity index (χ1v) is 5.23. The van der Waals surface area contributed by atoms with Crippen LogP contribution in [-0.2, 0) is 19.5 Å². The van der Waals surface area contributed by atoms with Crippen molar-refractivity contribution < 1.29 is 19.5 Å². The summed E-state index contributed by atoms with van der Waals surface area (Å²) in [5, 5.41) is 0. The van der Waals surface area contributed by atoms with E-state index in [0.717, 1.165) is 11.8 Å². The van der Waals surface area contributed by atoms with E-state index in [2.05, 4.69) is 43.4 Å². The third kappa shape index (κ3) is 3.76. The minimum atomic E-state index is 0. The zero-order valence-electron chi connectivity index (χ0n) is 8.91. The van der Waals surface area contributed by atoms with Crippen LogP contribution in [0, 0.1) is 18.8 Å². The molecule has 1 aromatic carbocycles. The number of fused-ring (bicyclic) bond motifs is 2. The summed E-state index contributed by atoms with van der Waals surface area (Å²) >= 11 is 0. The van der Waals surface area contributed by atoms with Crippen LogP contribution in [0.25, 0.3) is 0 Å². The molecule has 15 heavy (non-hydrogen) atoms. The Morgan fingerprint density at radius 1 is 0.867 bits per heavy atom. The molecule has 0 unspecified atom stereocenters. The molecule has 0 N–H and O–H groups in total. The van der Waals surface area contributed by atoms with Crippen molar-refractivity contribution in [3.63, 3.8) is 0 Å².